The molecule has 0 heterocycles. The summed E-state index contributed by atoms with van der Waals surface area (Å²) in [6.45, 7) is 3.00. The molecule has 4 heteroatoms. The van der Waals surface area contributed by atoms with Crippen molar-refractivity contribution in [2.45, 2.75) is 13.1 Å². The molecule has 90 valence electrons. The molecule has 0 radical (unpaired) electrons. The molecule has 0 unspecified atom stereocenters. The predicted octanol–water partition coefficient (Wildman–Crippen LogP) is 2.02. The first kappa shape index (κ1) is 13.4. The maximum absolute atomic E-state index is 5.47. The Hall–Kier alpha value is -0.683. The summed E-state index contributed by atoms with van der Waals surface area (Å²) < 4.78 is 10.9. The average Bonchev–Trinajstić information content (AvgIpc) is 2.30. The van der Waals surface area contributed by atoms with Gasteiger partial charge < -0.3 is 13.8 Å². The van der Waals surface area contributed by atoms with E-state index in [1.165, 1.54) is 5.56 Å². The van der Waals surface area contributed by atoms with Crippen LogP contribution in [0.5, 0.6) is 0 Å². The molecular formula is C12H21NO2Si. The number of benzene rings is 1. The van der Waals surface area contributed by atoms with Crippen LogP contribution >= 0.6 is 0 Å². The summed E-state index contributed by atoms with van der Waals surface area (Å²) in [6.07, 6.45) is 0.870. The number of nitrogens with zero attached hydrogens (tertiary/aromatic N) is 1. The van der Waals surface area contributed by atoms with E-state index >= 15 is 0 Å². The highest BCUT2D eigenvalue weighted by Crippen LogP contribution is 2.09. The van der Waals surface area contributed by atoms with Gasteiger partial charge in [0.2, 0.25) is 0 Å². The van der Waals surface area contributed by atoms with Crippen molar-refractivity contribution < 1.29 is 8.85 Å². The molecule has 0 aliphatic carbocycles. The molecule has 0 atom stereocenters. The topological polar surface area (TPSA) is 21.7 Å². The molecule has 0 aliphatic rings. The van der Waals surface area contributed by atoms with E-state index in [0.29, 0.717) is 0 Å². The monoisotopic (exact) mass is 239 g/mol. The van der Waals surface area contributed by atoms with E-state index in [2.05, 4.69) is 42.8 Å². The van der Waals surface area contributed by atoms with Gasteiger partial charge in [0.1, 0.15) is 0 Å². The van der Waals surface area contributed by atoms with Crippen molar-refractivity contribution in [3.63, 3.8) is 0 Å². The normalized spacial score (nSPS) is 12.1. The minimum Gasteiger partial charge on any atom is -0.397 e. The van der Waals surface area contributed by atoms with Crippen LogP contribution < -0.4 is 0 Å². The lowest BCUT2D eigenvalue weighted by atomic mass is 10.2. The van der Waals surface area contributed by atoms with Crippen molar-refractivity contribution in [2.24, 2.45) is 0 Å². The highest BCUT2D eigenvalue weighted by Gasteiger charge is 2.30. The van der Waals surface area contributed by atoms with Crippen LogP contribution in [0.25, 0.3) is 0 Å². The van der Waals surface area contributed by atoms with E-state index in [4.69, 9.17) is 8.85 Å². The molecule has 0 aliphatic heterocycles. The quantitative estimate of drug-likeness (QED) is 0.709. The Labute approximate surface area is 99.2 Å². The van der Waals surface area contributed by atoms with Gasteiger partial charge in [-0.1, -0.05) is 30.3 Å². The molecule has 3 nitrogen and oxygen atoms in total. The second-order valence-corrected chi connectivity index (χ2v) is 7.60. The van der Waals surface area contributed by atoms with E-state index in [-0.39, 0.29) is 0 Å². The molecular weight excluding hydrogens is 218 g/mol. The van der Waals surface area contributed by atoms with Crippen LogP contribution in [0.4, 0.5) is 0 Å². The van der Waals surface area contributed by atoms with Gasteiger partial charge in [-0.3, -0.25) is 0 Å². The third-order valence-electron chi connectivity index (χ3n) is 2.72. The standard InChI is InChI=1S/C12H21NO2Si/c1-13(11-16(4,14-2)15-3)10-12-8-6-5-7-9-12/h5-9H,10-11H2,1-4H3. The summed E-state index contributed by atoms with van der Waals surface area (Å²) in [4.78, 5) is 2.24. The molecule has 16 heavy (non-hydrogen) atoms. The third kappa shape index (κ3) is 4.06. The van der Waals surface area contributed by atoms with Crippen LogP contribution in [0.2, 0.25) is 6.55 Å². The van der Waals surface area contributed by atoms with Gasteiger partial charge in [-0.2, -0.15) is 0 Å². The zero-order valence-electron chi connectivity index (χ0n) is 10.6. The molecule has 1 aromatic carbocycles. The highest BCUT2D eigenvalue weighted by molar-refractivity contribution is 6.66. The Morgan fingerprint density at radius 3 is 2.19 bits per heavy atom. The Morgan fingerprint density at radius 1 is 1.12 bits per heavy atom. The van der Waals surface area contributed by atoms with Crippen LogP contribution in [0.15, 0.2) is 30.3 Å². The van der Waals surface area contributed by atoms with Crippen molar-refractivity contribution in [1.29, 1.82) is 0 Å². The van der Waals surface area contributed by atoms with Gasteiger partial charge in [-0.15, -0.1) is 0 Å². The molecule has 0 N–H and O–H groups in total. The molecule has 1 rings (SSSR count). The first-order valence-corrected chi connectivity index (χ1v) is 7.95. The zero-order chi connectivity index (χ0) is 12.0. The minimum absolute atomic E-state index is 0.870. The summed E-state index contributed by atoms with van der Waals surface area (Å²) in [7, 11) is 3.56. The maximum Gasteiger partial charge on any atom is 0.348 e. The van der Waals surface area contributed by atoms with Gasteiger partial charge in [-0.05, 0) is 19.2 Å². The van der Waals surface area contributed by atoms with E-state index in [1.807, 2.05) is 6.07 Å². The molecule has 0 fully saturated rings. The molecule has 0 amide bonds. The SMILES string of the molecule is CO[Si](C)(CN(C)Cc1ccccc1)OC. The van der Waals surface area contributed by atoms with Crippen LogP contribution in [-0.4, -0.2) is 40.9 Å². The van der Waals surface area contributed by atoms with Gasteiger partial charge in [0.25, 0.3) is 0 Å². The first-order chi connectivity index (χ1) is 7.59. The molecule has 0 bridgehead atoms. The van der Waals surface area contributed by atoms with Crippen molar-refractivity contribution in [1.82, 2.24) is 4.90 Å². The lowest BCUT2D eigenvalue weighted by molar-refractivity contribution is 0.219. The summed E-state index contributed by atoms with van der Waals surface area (Å²) >= 11 is 0. The van der Waals surface area contributed by atoms with Crippen molar-refractivity contribution in [2.75, 3.05) is 27.4 Å². The van der Waals surface area contributed by atoms with Crippen molar-refractivity contribution in [3.05, 3.63) is 35.9 Å². The average molecular weight is 239 g/mol. The Morgan fingerprint density at radius 2 is 1.69 bits per heavy atom. The van der Waals surface area contributed by atoms with Crippen LogP contribution in [-0.2, 0) is 15.4 Å². The van der Waals surface area contributed by atoms with Crippen LogP contribution in [0.1, 0.15) is 5.56 Å². The second kappa shape index (κ2) is 6.15. The summed E-state index contributed by atoms with van der Waals surface area (Å²) in [5.74, 6) is 0. The molecule has 0 saturated heterocycles. The second-order valence-electron chi connectivity index (χ2n) is 4.20. The molecule has 0 saturated carbocycles. The van der Waals surface area contributed by atoms with Gasteiger partial charge in [0, 0.05) is 26.9 Å². The van der Waals surface area contributed by atoms with E-state index in [9.17, 15) is 0 Å². The molecule has 0 aromatic heterocycles. The predicted molar refractivity (Wildman–Crippen MR) is 68.4 cm³/mol. The number of rotatable bonds is 6. The maximum atomic E-state index is 5.47. The number of hydrogen-bond acceptors (Lipinski definition) is 3. The van der Waals surface area contributed by atoms with Crippen molar-refractivity contribution in [3.8, 4) is 0 Å². The third-order valence-corrected chi connectivity index (χ3v) is 5.56. The Bertz CT molecular complexity index is 301. The molecule has 1 aromatic rings. The highest BCUT2D eigenvalue weighted by atomic mass is 28.4. The largest absolute Gasteiger partial charge is 0.397 e. The van der Waals surface area contributed by atoms with Gasteiger partial charge >= 0.3 is 8.56 Å². The lowest BCUT2D eigenvalue weighted by Gasteiger charge is -2.28. The fourth-order valence-corrected chi connectivity index (χ4v) is 3.17. The van der Waals surface area contributed by atoms with E-state index < -0.39 is 8.56 Å². The van der Waals surface area contributed by atoms with Gasteiger partial charge in [0.15, 0.2) is 0 Å². The van der Waals surface area contributed by atoms with Gasteiger partial charge in [-0.25, -0.2) is 0 Å². The summed E-state index contributed by atoms with van der Waals surface area (Å²) in [6, 6.07) is 10.4. The van der Waals surface area contributed by atoms with E-state index in [1.54, 1.807) is 14.2 Å². The van der Waals surface area contributed by atoms with Crippen molar-refractivity contribution >= 4 is 8.56 Å². The summed E-state index contributed by atoms with van der Waals surface area (Å²) in [5, 5.41) is 0. The smallest absolute Gasteiger partial charge is 0.348 e. The van der Waals surface area contributed by atoms with Crippen LogP contribution in [0, 0.1) is 0 Å². The molecule has 0 spiro atoms. The zero-order valence-corrected chi connectivity index (χ0v) is 11.6. The Balaban J connectivity index is 2.50. The summed E-state index contributed by atoms with van der Waals surface area (Å²) in [5.41, 5.74) is 1.31. The fraction of sp³-hybridized carbons (Fsp3) is 0.500. The lowest BCUT2D eigenvalue weighted by Crippen LogP contribution is -2.47. The van der Waals surface area contributed by atoms with Gasteiger partial charge in [0.05, 0.1) is 0 Å². The minimum atomic E-state index is -1.99. The first-order valence-electron chi connectivity index (χ1n) is 5.42. The van der Waals surface area contributed by atoms with E-state index in [0.717, 1.165) is 12.7 Å². The Kier molecular flexibility index (Phi) is 5.14. The van der Waals surface area contributed by atoms with Crippen LogP contribution in [0.3, 0.4) is 0 Å². The fourth-order valence-electron chi connectivity index (χ4n) is 1.65. The number of hydrogen-bond donors (Lipinski definition) is 0.